The Kier molecular flexibility index (Phi) is 2.63. The lowest BCUT2D eigenvalue weighted by Crippen LogP contribution is -2.54. The third-order valence-corrected chi connectivity index (χ3v) is 4.99. The molecule has 0 spiro atoms. The zero-order chi connectivity index (χ0) is 10.3. The zero-order valence-electron chi connectivity index (χ0n) is 8.59. The highest BCUT2D eigenvalue weighted by atomic mass is 35.5. The van der Waals surface area contributed by atoms with Crippen LogP contribution in [0.15, 0.2) is 11.4 Å². The summed E-state index contributed by atoms with van der Waals surface area (Å²) < 4.78 is 0.888. The van der Waals surface area contributed by atoms with E-state index < -0.39 is 0 Å². The van der Waals surface area contributed by atoms with Crippen molar-refractivity contribution in [1.29, 1.82) is 0 Å². The van der Waals surface area contributed by atoms with Gasteiger partial charge in [-0.25, -0.2) is 0 Å². The molecule has 0 bridgehead atoms. The van der Waals surface area contributed by atoms with E-state index in [1.54, 1.807) is 11.3 Å². The van der Waals surface area contributed by atoms with E-state index in [-0.39, 0.29) is 5.41 Å². The summed E-state index contributed by atoms with van der Waals surface area (Å²) in [6.07, 6.45) is 2.25. The van der Waals surface area contributed by atoms with Gasteiger partial charge in [0.15, 0.2) is 0 Å². The Bertz CT molecular complexity index is 336. The van der Waals surface area contributed by atoms with E-state index in [2.05, 4.69) is 25.3 Å². The molecular formula is C11H16ClNS. The van der Waals surface area contributed by atoms with Crippen molar-refractivity contribution in [3.8, 4) is 0 Å². The molecule has 2 N–H and O–H groups in total. The lowest BCUT2D eigenvalue weighted by Gasteiger charge is -2.52. The normalized spacial score (nSPS) is 36.9. The zero-order valence-corrected chi connectivity index (χ0v) is 10.2. The van der Waals surface area contributed by atoms with Crippen molar-refractivity contribution in [2.75, 3.05) is 0 Å². The van der Waals surface area contributed by atoms with Crippen LogP contribution in [0.1, 0.15) is 38.2 Å². The average Bonchev–Trinajstić information content (AvgIpc) is 2.59. The molecule has 0 aliphatic heterocycles. The Hall–Kier alpha value is -0.0500. The summed E-state index contributed by atoms with van der Waals surface area (Å²) in [5, 5.41) is 2.17. The van der Waals surface area contributed by atoms with Crippen molar-refractivity contribution in [1.82, 2.24) is 0 Å². The summed E-state index contributed by atoms with van der Waals surface area (Å²) in [4.78, 5) is 0. The van der Waals surface area contributed by atoms with Gasteiger partial charge in [-0.3, -0.25) is 0 Å². The highest BCUT2D eigenvalue weighted by Crippen LogP contribution is 2.54. The molecular weight excluding hydrogens is 214 g/mol. The Labute approximate surface area is 94.3 Å². The van der Waals surface area contributed by atoms with E-state index in [0.717, 1.165) is 17.2 Å². The van der Waals surface area contributed by atoms with Gasteiger partial charge in [0.2, 0.25) is 0 Å². The Balaban J connectivity index is 2.22. The molecule has 1 fully saturated rings. The van der Waals surface area contributed by atoms with Crippen molar-refractivity contribution >= 4 is 22.9 Å². The molecule has 14 heavy (non-hydrogen) atoms. The first-order valence-electron chi connectivity index (χ1n) is 5.07. The Morgan fingerprint density at radius 3 is 2.86 bits per heavy atom. The van der Waals surface area contributed by atoms with E-state index in [4.69, 9.17) is 17.3 Å². The lowest BCUT2D eigenvalue weighted by molar-refractivity contribution is 0.0709. The minimum absolute atomic E-state index is 0.282. The molecule has 78 valence electrons. The number of rotatable bonds is 2. The van der Waals surface area contributed by atoms with Crippen LogP contribution in [0, 0.1) is 5.41 Å². The number of hydrogen-bond donors (Lipinski definition) is 1. The van der Waals surface area contributed by atoms with Crippen molar-refractivity contribution in [3.05, 3.63) is 21.3 Å². The van der Waals surface area contributed by atoms with E-state index >= 15 is 0 Å². The molecule has 0 saturated heterocycles. The van der Waals surface area contributed by atoms with Crippen LogP contribution in [-0.2, 0) is 0 Å². The smallest absolute Gasteiger partial charge is 0.0931 e. The van der Waals surface area contributed by atoms with Crippen LogP contribution in [-0.4, -0.2) is 6.04 Å². The first kappa shape index (κ1) is 10.5. The first-order valence-corrected chi connectivity index (χ1v) is 6.33. The third-order valence-electron chi connectivity index (χ3n) is 3.88. The fourth-order valence-corrected chi connectivity index (χ4v) is 3.37. The van der Waals surface area contributed by atoms with Gasteiger partial charge < -0.3 is 5.73 Å². The summed E-state index contributed by atoms with van der Waals surface area (Å²) in [6, 6.07) is 2.45. The molecule has 2 rings (SSSR count). The SMILES string of the molecule is CCC1(C)C(N)CC1c1csc(Cl)c1. The molecule has 1 aliphatic rings. The third kappa shape index (κ3) is 1.40. The average molecular weight is 230 g/mol. The predicted octanol–water partition coefficient (Wildman–Crippen LogP) is 3.63. The van der Waals surface area contributed by atoms with Crippen LogP contribution in [0.3, 0.4) is 0 Å². The Morgan fingerprint density at radius 2 is 2.43 bits per heavy atom. The molecule has 1 heterocycles. The van der Waals surface area contributed by atoms with Crippen molar-refractivity contribution in [2.24, 2.45) is 11.1 Å². The van der Waals surface area contributed by atoms with Crippen LogP contribution >= 0.6 is 22.9 Å². The second-order valence-electron chi connectivity index (χ2n) is 4.44. The summed E-state index contributed by atoms with van der Waals surface area (Å²) in [6.45, 7) is 4.51. The maximum atomic E-state index is 6.07. The molecule has 1 aromatic heterocycles. The molecule has 3 heteroatoms. The van der Waals surface area contributed by atoms with Gasteiger partial charge in [0.1, 0.15) is 0 Å². The van der Waals surface area contributed by atoms with Crippen molar-refractivity contribution in [2.45, 2.75) is 38.6 Å². The second-order valence-corrected chi connectivity index (χ2v) is 5.98. The predicted molar refractivity (Wildman–Crippen MR) is 63.1 cm³/mol. The highest BCUT2D eigenvalue weighted by molar-refractivity contribution is 7.14. The minimum atomic E-state index is 0.282. The topological polar surface area (TPSA) is 26.0 Å². The van der Waals surface area contributed by atoms with Crippen LogP contribution in [0.25, 0.3) is 0 Å². The standard InChI is InChI=1S/C11H16ClNS/c1-3-11(2)8(5-9(11)13)7-4-10(12)14-6-7/h4,6,8-9H,3,5,13H2,1-2H3. The Morgan fingerprint density at radius 1 is 1.71 bits per heavy atom. The monoisotopic (exact) mass is 229 g/mol. The van der Waals surface area contributed by atoms with Gasteiger partial charge in [0.05, 0.1) is 4.34 Å². The van der Waals surface area contributed by atoms with Crippen LogP contribution in [0.4, 0.5) is 0 Å². The number of thiophene rings is 1. The van der Waals surface area contributed by atoms with Crippen molar-refractivity contribution in [3.63, 3.8) is 0 Å². The fraction of sp³-hybridized carbons (Fsp3) is 0.636. The summed E-state index contributed by atoms with van der Waals surface area (Å²) in [7, 11) is 0. The molecule has 1 nitrogen and oxygen atoms in total. The number of hydrogen-bond acceptors (Lipinski definition) is 2. The first-order chi connectivity index (χ1) is 6.58. The fourth-order valence-electron chi connectivity index (χ4n) is 2.42. The van der Waals surface area contributed by atoms with Gasteiger partial charge in [-0.15, -0.1) is 11.3 Å². The van der Waals surface area contributed by atoms with Crippen LogP contribution in [0.2, 0.25) is 4.34 Å². The van der Waals surface area contributed by atoms with Gasteiger partial charge in [0, 0.05) is 6.04 Å². The molecule has 1 aromatic rings. The molecule has 0 radical (unpaired) electrons. The molecule has 0 aromatic carbocycles. The molecule has 1 aliphatic carbocycles. The van der Waals surface area contributed by atoms with E-state index in [0.29, 0.717) is 12.0 Å². The van der Waals surface area contributed by atoms with Gasteiger partial charge in [0.25, 0.3) is 0 Å². The number of halogens is 1. The maximum absolute atomic E-state index is 6.07. The van der Waals surface area contributed by atoms with E-state index in [9.17, 15) is 0 Å². The second kappa shape index (κ2) is 3.51. The molecule has 1 saturated carbocycles. The summed E-state index contributed by atoms with van der Waals surface area (Å²) >= 11 is 7.56. The number of nitrogens with two attached hydrogens (primary N) is 1. The van der Waals surface area contributed by atoms with Crippen LogP contribution < -0.4 is 5.73 Å². The van der Waals surface area contributed by atoms with Gasteiger partial charge in [-0.2, -0.15) is 0 Å². The highest BCUT2D eigenvalue weighted by Gasteiger charge is 2.48. The maximum Gasteiger partial charge on any atom is 0.0931 e. The van der Waals surface area contributed by atoms with Crippen LogP contribution in [0.5, 0.6) is 0 Å². The van der Waals surface area contributed by atoms with Gasteiger partial charge in [-0.1, -0.05) is 25.4 Å². The van der Waals surface area contributed by atoms with Crippen molar-refractivity contribution < 1.29 is 0 Å². The van der Waals surface area contributed by atoms with Gasteiger partial charge in [-0.05, 0) is 41.2 Å². The minimum Gasteiger partial charge on any atom is -0.327 e. The van der Waals surface area contributed by atoms with E-state index in [1.807, 2.05) is 0 Å². The van der Waals surface area contributed by atoms with Gasteiger partial charge >= 0.3 is 0 Å². The largest absolute Gasteiger partial charge is 0.327 e. The summed E-state index contributed by atoms with van der Waals surface area (Å²) in [5.74, 6) is 0.617. The quantitative estimate of drug-likeness (QED) is 0.824. The molecule has 3 atom stereocenters. The van der Waals surface area contributed by atoms with E-state index in [1.165, 1.54) is 5.56 Å². The summed E-state index contributed by atoms with van der Waals surface area (Å²) in [5.41, 5.74) is 7.74. The lowest BCUT2D eigenvalue weighted by atomic mass is 9.55. The molecule has 3 unspecified atom stereocenters. The molecule has 0 amide bonds.